The molecule has 94 valence electrons. The zero-order valence-corrected chi connectivity index (χ0v) is 11.2. The van der Waals surface area contributed by atoms with E-state index in [1.807, 2.05) is 6.92 Å². The number of rotatable bonds is 3. The van der Waals surface area contributed by atoms with Gasteiger partial charge in [-0.1, -0.05) is 6.07 Å². The highest BCUT2D eigenvalue weighted by Gasteiger charge is 2.14. The summed E-state index contributed by atoms with van der Waals surface area (Å²) in [7, 11) is 0. The third-order valence-corrected chi connectivity index (χ3v) is 3.37. The number of halogens is 2. The van der Waals surface area contributed by atoms with Crippen LogP contribution in [0.3, 0.4) is 0 Å². The first-order valence-corrected chi connectivity index (χ1v) is 6.22. The van der Waals surface area contributed by atoms with Crippen LogP contribution in [0.5, 0.6) is 0 Å². The summed E-state index contributed by atoms with van der Waals surface area (Å²) in [6.45, 7) is 2.37. The number of carbonyl (C=O) groups is 1. The molecule has 0 atom stereocenters. The van der Waals surface area contributed by atoms with Crippen molar-refractivity contribution in [2.24, 2.45) is 0 Å². The maximum absolute atomic E-state index is 13.5. The van der Waals surface area contributed by atoms with Gasteiger partial charge in [0.1, 0.15) is 11.5 Å². The number of aromatic nitrogens is 1. The van der Waals surface area contributed by atoms with E-state index < -0.39 is 5.97 Å². The van der Waals surface area contributed by atoms with E-state index in [0.29, 0.717) is 22.3 Å². The second-order valence-corrected chi connectivity index (χ2v) is 4.64. The van der Waals surface area contributed by atoms with Crippen molar-refractivity contribution < 1.29 is 14.3 Å². The lowest BCUT2D eigenvalue weighted by Crippen LogP contribution is -2.08. The molecule has 0 aliphatic rings. The summed E-state index contributed by atoms with van der Waals surface area (Å²) in [4.78, 5) is 11.0. The fourth-order valence-electron chi connectivity index (χ4n) is 1.90. The Balaban J connectivity index is 2.57. The van der Waals surface area contributed by atoms with Crippen LogP contribution in [0.4, 0.5) is 4.39 Å². The molecule has 1 aromatic heterocycles. The van der Waals surface area contributed by atoms with E-state index in [4.69, 9.17) is 5.11 Å². The molecule has 0 saturated carbocycles. The van der Waals surface area contributed by atoms with E-state index in [-0.39, 0.29) is 11.5 Å². The fourth-order valence-corrected chi connectivity index (χ4v) is 2.15. The Labute approximate surface area is 112 Å². The molecular weight excluding hydrogens is 301 g/mol. The van der Waals surface area contributed by atoms with Gasteiger partial charge in [0.25, 0.3) is 0 Å². The number of benzene rings is 1. The second-order valence-electron chi connectivity index (χ2n) is 3.78. The number of hydrogen-bond acceptors (Lipinski definition) is 1. The lowest BCUT2D eigenvalue weighted by molar-refractivity contribution is 0.0685. The van der Waals surface area contributed by atoms with Crippen LogP contribution in [0.2, 0.25) is 0 Å². The van der Waals surface area contributed by atoms with Crippen LogP contribution in [0, 0.1) is 5.82 Å². The van der Waals surface area contributed by atoms with Gasteiger partial charge in [0.2, 0.25) is 0 Å². The third kappa shape index (κ3) is 2.18. The van der Waals surface area contributed by atoms with Crippen LogP contribution in [0.15, 0.2) is 34.8 Å². The quantitative estimate of drug-likeness (QED) is 0.937. The molecule has 0 spiro atoms. The predicted octanol–water partition coefficient (Wildman–Crippen LogP) is 3.77. The normalized spacial score (nSPS) is 10.6. The van der Waals surface area contributed by atoms with Crippen molar-refractivity contribution in [2.75, 3.05) is 0 Å². The van der Waals surface area contributed by atoms with Crippen molar-refractivity contribution in [3.8, 4) is 11.3 Å². The number of hydrogen-bond donors (Lipinski definition) is 1. The van der Waals surface area contributed by atoms with Gasteiger partial charge in [-0.25, -0.2) is 9.18 Å². The highest BCUT2D eigenvalue weighted by atomic mass is 79.9. The molecule has 2 aromatic rings. The summed E-state index contributed by atoms with van der Waals surface area (Å²) in [5.74, 6) is -1.35. The van der Waals surface area contributed by atoms with Gasteiger partial charge in [-0.3, -0.25) is 0 Å². The molecule has 3 nitrogen and oxygen atoms in total. The molecule has 0 aliphatic heterocycles. The molecule has 5 heteroatoms. The van der Waals surface area contributed by atoms with Gasteiger partial charge in [-0.15, -0.1) is 0 Å². The minimum Gasteiger partial charge on any atom is -0.477 e. The summed E-state index contributed by atoms with van der Waals surface area (Å²) in [5.41, 5.74) is 1.56. The van der Waals surface area contributed by atoms with Crippen LogP contribution in [0.1, 0.15) is 17.4 Å². The largest absolute Gasteiger partial charge is 0.477 e. The summed E-state index contributed by atoms with van der Waals surface area (Å²) in [6, 6.07) is 7.96. The first-order valence-electron chi connectivity index (χ1n) is 5.42. The Kier molecular flexibility index (Phi) is 3.52. The molecule has 0 radical (unpaired) electrons. The molecule has 0 fully saturated rings. The van der Waals surface area contributed by atoms with E-state index in [1.54, 1.807) is 22.8 Å². The lowest BCUT2D eigenvalue weighted by Gasteiger charge is -2.09. The Morgan fingerprint density at radius 2 is 2.11 bits per heavy atom. The van der Waals surface area contributed by atoms with Crippen molar-refractivity contribution in [2.45, 2.75) is 13.5 Å². The van der Waals surface area contributed by atoms with Gasteiger partial charge in [0, 0.05) is 17.8 Å². The summed E-state index contributed by atoms with van der Waals surface area (Å²) in [6.07, 6.45) is 0. The molecule has 0 amide bonds. The molecule has 0 unspecified atom stereocenters. The highest BCUT2D eigenvalue weighted by Crippen LogP contribution is 2.26. The SMILES string of the molecule is CCn1c(C(=O)O)ccc1-c1ccc(Br)c(F)c1. The molecule has 0 bridgehead atoms. The van der Waals surface area contributed by atoms with E-state index in [9.17, 15) is 9.18 Å². The minimum atomic E-state index is -0.985. The highest BCUT2D eigenvalue weighted by molar-refractivity contribution is 9.10. The second kappa shape index (κ2) is 4.94. The monoisotopic (exact) mass is 311 g/mol. The lowest BCUT2D eigenvalue weighted by atomic mass is 10.1. The first-order chi connectivity index (χ1) is 8.54. The van der Waals surface area contributed by atoms with Gasteiger partial charge >= 0.3 is 5.97 Å². The van der Waals surface area contributed by atoms with Crippen molar-refractivity contribution in [3.05, 3.63) is 46.3 Å². The van der Waals surface area contributed by atoms with Gasteiger partial charge in [-0.2, -0.15) is 0 Å². The number of carboxylic acid groups (broad SMARTS) is 1. The zero-order valence-electron chi connectivity index (χ0n) is 9.65. The summed E-state index contributed by atoms with van der Waals surface area (Å²) in [5, 5.41) is 9.05. The van der Waals surface area contributed by atoms with Crippen molar-refractivity contribution in [1.29, 1.82) is 0 Å². The van der Waals surface area contributed by atoms with Crippen LogP contribution in [-0.4, -0.2) is 15.6 Å². The van der Waals surface area contributed by atoms with Crippen LogP contribution in [0.25, 0.3) is 11.3 Å². The number of aromatic carboxylic acids is 1. The van der Waals surface area contributed by atoms with Gasteiger partial charge in [0.05, 0.1) is 4.47 Å². The Hall–Kier alpha value is -1.62. The first kappa shape index (κ1) is 12.8. The van der Waals surface area contributed by atoms with Crippen LogP contribution >= 0.6 is 15.9 Å². The van der Waals surface area contributed by atoms with Gasteiger partial charge in [0.15, 0.2) is 0 Å². The minimum absolute atomic E-state index is 0.204. The van der Waals surface area contributed by atoms with Gasteiger partial charge < -0.3 is 9.67 Å². The van der Waals surface area contributed by atoms with Crippen LogP contribution in [-0.2, 0) is 6.54 Å². The Bertz CT molecular complexity index is 607. The molecule has 1 aromatic carbocycles. The van der Waals surface area contributed by atoms with Crippen LogP contribution < -0.4 is 0 Å². The van der Waals surface area contributed by atoms with Crippen molar-refractivity contribution in [3.63, 3.8) is 0 Å². The molecule has 1 N–H and O–H groups in total. The molecule has 0 aliphatic carbocycles. The summed E-state index contributed by atoms with van der Waals surface area (Å²) >= 11 is 3.09. The fraction of sp³-hybridized carbons (Fsp3) is 0.154. The van der Waals surface area contributed by atoms with E-state index in [0.717, 1.165) is 0 Å². The smallest absolute Gasteiger partial charge is 0.352 e. The Morgan fingerprint density at radius 3 is 2.67 bits per heavy atom. The van der Waals surface area contributed by atoms with Crippen molar-refractivity contribution in [1.82, 2.24) is 4.57 Å². The topological polar surface area (TPSA) is 42.2 Å². The maximum atomic E-state index is 13.5. The van der Waals surface area contributed by atoms with Gasteiger partial charge in [-0.05, 0) is 47.1 Å². The molecule has 0 saturated heterocycles. The van der Waals surface area contributed by atoms with E-state index in [1.165, 1.54) is 12.1 Å². The standard InChI is InChI=1S/C13H11BrFNO2/c1-2-16-11(5-6-12(16)13(17)18)8-3-4-9(14)10(15)7-8/h3-7H,2H2,1H3,(H,17,18). The average molecular weight is 312 g/mol. The zero-order chi connectivity index (χ0) is 13.3. The van der Waals surface area contributed by atoms with E-state index >= 15 is 0 Å². The molecule has 18 heavy (non-hydrogen) atoms. The molecule has 2 rings (SSSR count). The maximum Gasteiger partial charge on any atom is 0.352 e. The predicted molar refractivity (Wildman–Crippen MR) is 70.2 cm³/mol. The number of nitrogens with zero attached hydrogens (tertiary/aromatic N) is 1. The third-order valence-electron chi connectivity index (χ3n) is 2.73. The molecule has 1 heterocycles. The Morgan fingerprint density at radius 1 is 1.39 bits per heavy atom. The molecular formula is C13H11BrFNO2. The number of carboxylic acids is 1. The van der Waals surface area contributed by atoms with Crippen molar-refractivity contribution >= 4 is 21.9 Å². The average Bonchev–Trinajstić information content (AvgIpc) is 2.76. The van der Waals surface area contributed by atoms with E-state index in [2.05, 4.69) is 15.9 Å². The summed E-state index contributed by atoms with van der Waals surface area (Å²) < 4.78 is 15.5.